The maximum Gasteiger partial charge on any atom is 0.220 e. The third-order valence-electron chi connectivity index (χ3n) is 5.86. The highest BCUT2D eigenvalue weighted by Gasteiger charge is 2.14. The number of phosphoric ester groups is 1. The van der Waals surface area contributed by atoms with Gasteiger partial charge in [0, 0.05) is 10.9 Å². The van der Waals surface area contributed by atoms with Crippen molar-refractivity contribution in [2.75, 3.05) is 6.61 Å². The first-order valence-electron chi connectivity index (χ1n) is 13.2. The van der Waals surface area contributed by atoms with Gasteiger partial charge in [0.2, 0.25) is 5.91 Å². The van der Waals surface area contributed by atoms with Crippen molar-refractivity contribution in [3.63, 3.8) is 0 Å². The van der Waals surface area contributed by atoms with Crippen molar-refractivity contribution in [3.8, 4) is 0 Å². The summed E-state index contributed by atoms with van der Waals surface area (Å²) in [6.45, 7) is 1.88. The molecule has 1 amide bonds. The zero-order valence-corrected chi connectivity index (χ0v) is 23.7. The molecule has 35 heavy (non-hydrogen) atoms. The highest BCUT2D eigenvalue weighted by molar-refractivity contribution is 9.10. The number of halogens is 1. The Kier molecular flexibility index (Phi) is 18.4. The van der Waals surface area contributed by atoms with E-state index in [9.17, 15) is 19.1 Å². The van der Waals surface area contributed by atoms with Crippen LogP contribution >= 0.6 is 23.8 Å². The molecule has 0 aliphatic carbocycles. The van der Waals surface area contributed by atoms with Gasteiger partial charge in [-0.15, -0.1) is 0 Å². The van der Waals surface area contributed by atoms with Gasteiger partial charge in [0.05, 0.1) is 20.5 Å². The van der Waals surface area contributed by atoms with E-state index in [1.807, 2.05) is 24.3 Å². The van der Waals surface area contributed by atoms with Crippen molar-refractivity contribution < 1.29 is 23.7 Å². The molecule has 0 heterocycles. The second kappa shape index (κ2) is 20.1. The summed E-state index contributed by atoms with van der Waals surface area (Å²) in [5, 5.41) is 2.82. The zero-order chi connectivity index (χ0) is 25.8. The molecule has 0 aliphatic heterocycles. The number of unbranched alkanes of at least 4 members (excludes halogenated alkanes) is 11. The molecule has 200 valence electrons. The highest BCUT2D eigenvalue weighted by atomic mass is 79.9. The number of hydrogen-bond acceptors (Lipinski definition) is 5. The van der Waals surface area contributed by atoms with Crippen LogP contribution in [0.2, 0.25) is 0 Å². The lowest BCUT2D eigenvalue weighted by atomic mass is 10.1. The quantitative estimate of drug-likeness (QED) is 0.105. The number of hydrogen-bond donors (Lipinski definition) is 1. The molecule has 8 heteroatoms. The van der Waals surface area contributed by atoms with Crippen LogP contribution in [0.3, 0.4) is 0 Å². The summed E-state index contributed by atoms with van der Waals surface area (Å²) in [7, 11) is -5.09. The molecule has 1 rings (SSSR count). The Morgan fingerprint density at radius 1 is 0.943 bits per heavy atom. The Hall–Kier alpha value is -0.980. The number of benzene rings is 1. The van der Waals surface area contributed by atoms with Crippen molar-refractivity contribution in [1.82, 2.24) is 5.32 Å². The number of carbonyl (C=O) groups excluding carboxylic acids is 1. The molecule has 0 saturated heterocycles. The van der Waals surface area contributed by atoms with E-state index in [-0.39, 0.29) is 12.5 Å². The highest BCUT2D eigenvalue weighted by Crippen LogP contribution is 2.25. The van der Waals surface area contributed by atoms with Crippen molar-refractivity contribution in [3.05, 3.63) is 46.5 Å². The van der Waals surface area contributed by atoms with Crippen molar-refractivity contribution >= 4 is 29.7 Å². The standard InChI is InChI=1S/C27H45BrNO5P/c1-2-3-4-5-6-7-8-9-10-11-12-13-14-15-16-17-27(30)29-26(23-34-35(31,32)33)22-24-18-20-25(28)21-19-24/h9-10,18-21,26H,2-8,11-17,22-23H2,1H3,(H,29,30)(H2,31,32,33)/p-2/b10-9-/t26-/m1/s1. The van der Waals surface area contributed by atoms with Crippen LogP contribution < -0.4 is 15.1 Å². The van der Waals surface area contributed by atoms with E-state index in [0.717, 1.165) is 42.1 Å². The number of carbonyl (C=O) groups is 1. The summed E-state index contributed by atoms with van der Waals surface area (Å²) >= 11 is 3.37. The minimum absolute atomic E-state index is 0.153. The minimum Gasteiger partial charge on any atom is -0.790 e. The van der Waals surface area contributed by atoms with Crippen molar-refractivity contribution in [2.24, 2.45) is 0 Å². The van der Waals surface area contributed by atoms with Gasteiger partial charge in [0.1, 0.15) is 0 Å². The van der Waals surface area contributed by atoms with Gasteiger partial charge < -0.3 is 24.2 Å². The molecule has 0 aliphatic rings. The van der Waals surface area contributed by atoms with Gasteiger partial charge in [0.25, 0.3) is 0 Å². The van der Waals surface area contributed by atoms with Crippen molar-refractivity contribution in [1.29, 1.82) is 0 Å². The first kappa shape index (κ1) is 32.0. The SMILES string of the molecule is CCCCCCCC/C=C\CCCCCCCC(=O)N[C@@H](COP(=O)([O-])[O-])Cc1ccc(Br)cc1. The zero-order valence-electron chi connectivity index (χ0n) is 21.2. The Morgan fingerprint density at radius 2 is 1.49 bits per heavy atom. The molecule has 0 bridgehead atoms. The van der Waals surface area contributed by atoms with Crippen LogP contribution in [0.4, 0.5) is 0 Å². The van der Waals surface area contributed by atoms with Gasteiger partial charge in [-0.05, 0) is 56.2 Å². The van der Waals surface area contributed by atoms with Crippen LogP contribution in [-0.2, 0) is 20.3 Å². The maximum absolute atomic E-state index is 12.3. The Labute approximate surface area is 220 Å². The third-order valence-corrected chi connectivity index (χ3v) is 6.85. The molecule has 0 radical (unpaired) electrons. The van der Waals surface area contributed by atoms with E-state index < -0.39 is 13.9 Å². The molecule has 0 spiro atoms. The van der Waals surface area contributed by atoms with Crippen LogP contribution in [0.15, 0.2) is 40.9 Å². The molecule has 1 atom stereocenters. The predicted molar refractivity (Wildman–Crippen MR) is 143 cm³/mol. The number of amides is 1. The topological polar surface area (TPSA) is 102 Å². The maximum atomic E-state index is 12.3. The number of allylic oxidation sites excluding steroid dienone is 2. The van der Waals surface area contributed by atoms with E-state index in [0.29, 0.717) is 12.8 Å². The summed E-state index contributed by atoms with van der Waals surface area (Å²) in [5.74, 6) is -0.153. The summed E-state index contributed by atoms with van der Waals surface area (Å²) in [6, 6.07) is 6.91. The smallest absolute Gasteiger partial charge is 0.220 e. The number of phosphoric acid groups is 1. The Bertz CT molecular complexity index is 750. The van der Waals surface area contributed by atoms with Gasteiger partial charge in [-0.2, -0.15) is 0 Å². The van der Waals surface area contributed by atoms with Crippen LogP contribution in [0.25, 0.3) is 0 Å². The molecule has 0 saturated carbocycles. The third kappa shape index (κ3) is 19.8. The molecule has 0 fully saturated rings. The number of nitrogens with one attached hydrogen (secondary N) is 1. The van der Waals surface area contributed by atoms with E-state index >= 15 is 0 Å². The van der Waals surface area contributed by atoms with Gasteiger partial charge in [-0.1, -0.05) is 98.5 Å². The molecule has 1 aromatic rings. The lowest BCUT2D eigenvalue weighted by molar-refractivity contribution is -0.342. The monoisotopic (exact) mass is 571 g/mol. The molecule has 1 N–H and O–H groups in total. The molecule has 1 aromatic carbocycles. The summed E-state index contributed by atoms with van der Waals surface area (Å²) < 4.78 is 16.2. The average Bonchev–Trinajstić information content (AvgIpc) is 2.81. The lowest BCUT2D eigenvalue weighted by Gasteiger charge is -2.31. The van der Waals surface area contributed by atoms with Crippen LogP contribution in [0.1, 0.15) is 102 Å². The molecule has 0 unspecified atom stereocenters. The molecular formula is C27H43BrNO5P-2. The van der Waals surface area contributed by atoms with E-state index in [2.05, 4.69) is 44.8 Å². The van der Waals surface area contributed by atoms with Gasteiger partial charge in [-0.3, -0.25) is 4.79 Å². The minimum atomic E-state index is -5.09. The van der Waals surface area contributed by atoms with Gasteiger partial charge in [-0.25, -0.2) is 0 Å². The largest absolute Gasteiger partial charge is 0.790 e. The van der Waals surface area contributed by atoms with Crippen molar-refractivity contribution in [2.45, 2.75) is 109 Å². The van der Waals surface area contributed by atoms with Crippen LogP contribution in [0.5, 0.6) is 0 Å². The summed E-state index contributed by atoms with van der Waals surface area (Å²) in [6.07, 6.45) is 20.9. The predicted octanol–water partition coefficient (Wildman–Crippen LogP) is 6.36. The fraction of sp³-hybridized carbons (Fsp3) is 0.667. The van der Waals surface area contributed by atoms with Crippen LogP contribution in [0, 0.1) is 0 Å². The average molecular weight is 573 g/mol. The van der Waals surface area contributed by atoms with E-state index in [4.69, 9.17) is 0 Å². The number of rotatable bonds is 21. The van der Waals surface area contributed by atoms with Gasteiger partial charge >= 0.3 is 0 Å². The second-order valence-electron chi connectivity index (χ2n) is 9.17. The van der Waals surface area contributed by atoms with E-state index in [1.165, 1.54) is 51.4 Å². The molecule has 0 aromatic heterocycles. The first-order valence-corrected chi connectivity index (χ1v) is 15.4. The van der Waals surface area contributed by atoms with E-state index in [1.54, 1.807) is 0 Å². The summed E-state index contributed by atoms with van der Waals surface area (Å²) in [4.78, 5) is 34.1. The Balaban J connectivity index is 2.15. The fourth-order valence-corrected chi connectivity index (χ4v) is 4.52. The Morgan fingerprint density at radius 3 is 2.06 bits per heavy atom. The van der Waals surface area contributed by atoms with Gasteiger partial charge in [0.15, 0.2) is 0 Å². The normalized spacial score (nSPS) is 12.8. The first-order chi connectivity index (χ1) is 16.8. The summed E-state index contributed by atoms with van der Waals surface area (Å²) in [5.41, 5.74) is 0.912. The molecular weight excluding hydrogens is 529 g/mol. The lowest BCUT2D eigenvalue weighted by Crippen LogP contribution is -2.40. The van der Waals surface area contributed by atoms with Crippen LogP contribution in [-0.4, -0.2) is 18.6 Å². The molecule has 6 nitrogen and oxygen atoms in total. The second-order valence-corrected chi connectivity index (χ2v) is 11.2. The fourth-order valence-electron chi connectivity index (χ4n) is 3.89.